The Balaban J connectivity index is 1.95. The number of para-hydroxylation sites is 1. The molecule has 8 heteroatoms. The van der Waals surface area contributed by atoms with Crippen LogP contribution in [0.5, 0.6) is 0 Å². The van der Waals surface area contributed by atoms with Crippen molar-refractivity contribution < 1.29 is 9.72 Å². The van der Waals surface area contributed by atoms with Crippen LogP contribution in [0.25, 0.3) is 6.08 Å². The molecule has 0 N–H and O–H groups in total. The highest BCUT2D eigenvalue weighted by Gasteiger charge is 2.32. The van der Waals surface area contributed by atoms with Gasteiger partial charge < -0.3 is 0 Å². The van der Waals surface area contributed by atoms with Gasteiger partial charge in [0.2, 0.25) is 0 Å². The van der Waals surface area contributed by atoms with Gasteiger partial charge in [-0.2, -0.15) is 0 Å². The fraction of sp³-hybridized carbons (Fsp3) is 0.111. The number of nitro benzene ring substituents is 1. The number of nitrogens with zero attached hydrogens (tertiary/aromatic N) is 3. The SMILES string of the molecule is CCN1C(=O)/C(=C/c2ccc(Br)c([N+](=O)[O-])c2)SC1=Nc1ccccc1. The first-order valence-corrected chi connectivity index (χ1v) is 9.39. The molecule has 2 aromatic rings. The second-order valence-corrected chi connectivity index (χ2v) is 7.22. The lowest BCUT2D eigenvalue weighted by atomic mass is 10.2. The molecule has 2 aromatic carbocycles. The Bertz CT molecular complexity index is 929. The maximum Gasteiger partial charge on any atom is 0.284 e. The Hall–Kier alpha value is -2.45. The molecule has 3 rings (SSSR count). The lowest BCUT2D eigenvalue weighted by molar-refractivity contribution is -0.385. The number of likely N-dealkylation sites (N-methyl/N-ethyl adjacent to an activating group) is 1. The standard InChI is InChI=1S/C18H14BrN3O3S/c1-2-21-17(23)16(26-18(21)20-13-6-4-3-5-7-13)11-12-8-9-14(19)15(10-12)22(24)25/h3-11H,2H2,1H3/b16-11-,20-18?. The quantitative estimate of drug-likeness (QED) is 0.388. The Morgan fingerprint density at radius 3 is 2.65 bits per heavy atom. The third kappa shape index (κ3) is 3.86. The van der Waals surface area contributed by atoms with Gasteiger partial charge in [0.1, 0.15) is 0 Å². The van der Waals surface area contributed by atoms with Gasteiger partial charge in [-0.15, -0.1) is 0 Å². The minimum atomic E-state index is -0.462. The van der Waals surface area contributed by atoms with Gasteiger partial charge in [0.05, 0.1) is 20.0 Å². The van der Waals surface area contributed by atoms with E-state index < -0.39 is 4.92 Å². The Kier molecular flexibility index (Phi) is 5.53. The van der Waals surface area contributed by atoms with Crippen LogP contribution in [0.15, 0.2) is 62.9 Å². The van der Waals surface area contributed by atoms with Crippen LogP contribution in [0.1, 0.15) is 12.5 Å². The molecule has 0 aliphatic carbocycles. The maximum atomic E-state index is 12.6. The Labute approximate surface area is 162 Å². The molecule has 1 heterocycles. The molecular weight excluding hydrogens is 418 g/mol. The van der Waals surface area contributed by atoms with E-state index in [1.54, 1.807) is 23.1 Å². The molecule has 0 unspecified atom stereocenters. The lowest BCUT2D eigenvalue weighted by Gasteiger charge is -2.11. The number of carbonyl (C=O) groups is 1. The van der Waals surface area contributed by atoms with Gasteiger partial charge in [-0.1, -0.05) is 24.3 Å². The van der Waals surface area contributed by atoms with E-state index in [0.717, 1.165) is 5.69 Å². The number of carbonyl (C=O) groups excluding carboxylic acids is 1. The molecule has 1 amide bonds. The van der Waals surface area contributed by atoms with Crippen molar-refractivity contribution >= 4 is 56.2 Å². The van der Waals surface area contributed by atoms with Gasteiger partial charge >= 0.3 is 0 Å². The summed E-state index contributed by atoms with van der Waals surface area (Å²) in [5.74, 6) is -0.155. The first-order valence-electron chi connectivity index (χ1n) is 7.78. The molecule has 1 aliphatic rings. The number of benzene rings is 2. The van der Waals surface area contributed by atoms with Crippen molar-refractivity contribution in [2.75, 3.05) is 6.54 Å². The third-order valence-electron chi connectivity index (χ3n) is 3.65. The van der Waals surface area contributed by atoms with Gasteiger partial charge in [-0.3, -0.25) is 19.8 Å². The van der Waals surface area contributed by atoms with E-state index in [1.165, 1.54) is 17.8 Å². The predicted molar refractivity (Wildman–Crippen MR) is 107 cm³/mol. The second kappa shape index (κ2) is 7.84. The summed E-state index contributed by atoms with van der Waals surface area (Å²) >= 11 is 4.43. The maximum absolute atomic E-state index is 12.6. The van der Waals surface area contributed by atoms with Crippen LogP contribution in [0, 0.1) is 10.1 Å². The van der Waals surface area contributed by atoms with E-state index in [4.69, 9.17) is 0 Å². The predicted octanol–water partition coefficient (Wildman–Crippen LogP) is 4.98. The van der Waals surface area contributed by atoms with Crippen LogP contribution in [0.4, 0.5) is 11.4 Å². The first-order chi connectivity index (χ1) is 12.5. The zero-order chi connectivity index (χ0) is 18.7. The van der Waals surface area contributed by atoms with Crippen molar-refractivity contribution in [2.45, 2.75) is 6.92 Å². The van der Waals surface area contributed by atoms with E-state index in [0.29, 0.717) is 26.7 Å². The summed E-state index contributed by atoms with van der Waals surface area (Å²) in [7, 11) is 0. The summed E-state index contributed by atoms with van der Waals surface area (Å²) in [5, 5.41) is 11.7. The molecule has 0 spiro atoms. The van der Waals surface area contributed by atoms with Crippen LogP contribution < -0.4 is 0 Å². The number of hydrogen-bond acceptors (Lipinski definition) is 5. The molecule has 0 bridgehead atoms. The smallest absolute Gasteiger partial charge is 0.284 e. The van der Waals surface area contributed by atoms with Crippen LogP contribution >= 0.6 is 27.7 Å². The highest BCUT2D eigenvalue weighted by atomic mass is 79.9. The zero-order valence-corrected chi connectivity index (χ0v) is 16.2. The molecule has 1 fully saturated rings. The summed E-state index contributed by atoms with van der Waals surface area (Å²) in [6, 6.07) is 14.2. The van der Waals surface area contributed by atoms with Crippen LogP contribution in [0.3, 0.4) is 0 Å². The summed E-state index contributed by atoms with van der Waals surface area (Å²) < 4.78 is 0.400. The van der Waals surface area contributed by atoms with Crippen molar-refractivity contribution in [3.8, 4) is 0 Å². The average Bonchev–Trinajstić information content (AvgIpc) is 2.91. The average molecular weight is 432 g/mol. The number of rotatable bonds is 4. The molecule has 26 heavy (non-hydrogen) atoms. The van der Waals surface area contributed by atoms with Crippen LogP contribution in [-0.2, 0) is 4.79 Å². The molecular formula is C18H14BrN3O3S. The Morgan fingerprint density at radius 1 is 1.27 bits per heavy atom. The highest BCUT2D eigenvalue weighted by Crippen LogP contribution is 2.35. The van der Waals surface area contributed by atoms with Crippen molar-refractivity contribution in [2.24, 2.45) is 4.99 Å². The molecule has 1 aliphatic heterocycles. The molecule has 0 aromatic heterocycles. The van der Waals surface area contributed by atoms with E-state index in [9.17, 15) is 14.9 Å². The monoisotopic (exact) mass is 431 g/mol. The lowest BCUT2D eigenvalue weighted by Crippen LogP contribution is -2.28. The van der Waals surface area contributed by atoms with Crippen molar-refractivity contribution in [3.63, 3.8) is 0 Å². The molecule has 6 nitrogen and oxygen atoms in total. The first kappa shape index (κ1) is 18.3. The molecule has 132 valence electrons. The van der Waals surface area contributed by atoms with E-state index in [1.807, 2.05) is 37.3 Å². The molecule has 0 radical (unpaired) electrons. The minimum absolute atomic E-state index is 0.0414. The van der Waals surface area contributed by atoms with Crippen LogP contribution in [-0.4, -0.2) is 27.4 Å². The fourth-order valence-electron chi connectivity index (χ4n) is 2.39. The topological polar surface area (TPSA) is 75.8 Å². The second-order valence-electron chi connectivity index (χ2n) is 5.36. The number of halogens is 1. The third-order valence-corrected chi connectivity index (χ3v) is 5.33. The van der Waals surface area contributed by atoms with Gasteiger partial charge in [0.25, 0.3) is 11.6 Å². The normalized spacial score (nSPS) is 17.3. The van der Waals surface area contributed by atoms with Gasteiger partial charge in [0, 0.05) is 12.6 Å². The van der Waals surface area contributed by atoms with E-state index >= 15 is 0 Å². The largest absolute Gasteiger partial charge is 0.287 e. The molecule has 0 saturated carbocycles. The van der Waals surface area contributed by atoms with Crippen molar-refractivity contribution in [3.05, 3.63) is 73.6 Å². The number of aliphatic imine (C=N–C) groups is 1. The van der Waals surface area contributed by atoms with Gasteiger partial charge in [-0.25, -0.2) is 4.99 Å². The van der Waals surface area contributed by atoms with Crippen molar-refractivity contribution in [1.82, 2.24) is 4.90 Å². The number of amides is 1. The number of thioether (sulfide) groups is 1. The molecule has 0 atom stereocenters. The van der Waals surface area contributed by atoms with Gasteiger partial charge in [0.15, 0.2) is 5.17 Å². The highest BCUT2D eigenvalue weighted by molar-refractivity contribution is 9.10. The van der Waals surface area contributed by atoms with E-state index in [2.05, 4.69) is 20.9 Å². The molecule has 1 saturated heterocycles. The fourth-order valence-corrected chi connectivity index (χ4v) is 3.85. The number of amidine groups is 1. The van der Waals surface area contributed by atoms with Crippen LogP contribution in [0.2, 0.25) is 0 Å². The summed E-state index contributed by atoms with van der Waals surface area (Å²) in [4.78, 5) is 29.9. The number of nitro groups is 1. The Morgan fingerprint density at radius 2 is 2.00 bits per heavy atom. The number of hydrogen-bond donors (Lipinski definition) is 0. The minimum Gasteiger partial charge on any atom is -0.287 e. The van der Waals surface area contributed by atoms with E-state index in [-0.39, 0.29) is 11.6 Å². The van der Waals surface area contributed by atoms with Crippen molar-refractivity contribution in [1.29, 1.82) is 0 Å². The zero-order valence-electron chi connectivity index (χ0n) is 13.8. The summed E-state index contributed by atoms with van der Waals surface area (Å²) in [5.41, 5.74) is 1.31. The summed E-state index contributed by atoms with van der Waals surface area (Å²) in [6.45, 7) is 2.38. The van der Waals surface area contributed by atoms with Gasteiger partial charge in [-0.05, 0) is 64.5 Å². The summed E-state index contributed by atoms with van der Waals surface area (Å²) in [6.07, 6.45) is 1.66.